The van der Waals surface area contributed by atoms with E-state index in [9.17, 15) is 9.59 Å². The summed E-state index contributed by atoms with van der Waals surface area (Å²) in [6.07, 6.45) is 9.38. The number of likely N-dealkylation sites (tertiary alicyclic amines) is 1. The smallest absolute Gasteiger partial charge is 0.312 e. The molecule has 4 aromatic rings. The van der Waals surface area contributed by atoms with Gasteiger partial charge in [-0.15, -0.1) is 0 Å². The summed E-state index contributed by atoms with van der Waals surface area (Å²) in [5.41, 5.74) is 11.9. The van der Waals surface area contributed by atoms with E-state index in [-0.39, 0.29) is 18.1 Å². The van der Waals surface area contributed by atoms with Gasteiger partial charge in [0, 0.05) is 35.8 Å². The van der Waals surface area contributed by atoms with Crippen molar-refractivity contribution in [2.24, 2.45) is 5.73 Å². The van der Waals surface area contributed by atoms with E-state index in [2.05, 4.69) is 43.5 Å². The summed E-state index contributed by atoms with van der Waals surface area (Å²) in [5.74, 6) is 0.771. The van der Waals surface area contributed by atoms with Gasteiger partial charge in [-0.25, -0.2) is 9.97 Å². The molecule has 240 valence electrons. The summed E-state index contributed by atoms with van der Waals surface area (Å²) in [4.78, 5) is 38.1. The summed E-state index contributed by atoms with van der Waals surface area (Å²) in [6.45, 7) is 6.12. The molecule has 0 saturated carbocycles. The van der Waals surface area contributed by atoms with E-state index >= 15 is 0 Å². The molecule has 1 aliphatic carbocycles. The Morgan fingerprint density at radius 2 is 1.80 bits per heavy atom. The fraction of sp³-hybridized carbons (Fsp3) is 0.457. The molecule has 1 unspecified atom stereocenters. The van der Waals surface area contributed by atoms with Gasteiger partial charge in [-0.3, -0.25) is 14.5 Å². The van der Waals surface area contributed by atoms with Crippen LogP contribution in [0.25, 0.3) is 11.0 Å². The van der Waals surface area contributed by atoms with Crippen LogP contribution < -0.4 is 16.0 Å². The molecule has 46 heavy (non-hydrogen) atoms. The Morgan fingerprint density at radius 3 is 2.54 bits per heavy atom. The fourth-order valence-electron chi connectivity index (χ4n) is 7.36. The Kier molecular flexibility index (Phi) is 8.57. The predicted molar refractivity (Wildman–Crippen MR) is 175 cm³/mol. The lowest BCUT2D eigenvalue weighted by molar-refractivity contribution is -0.142. The van der Waals surface area contributed by atoms with Crippen LogP contribution in [0.15, 0.2) is 47.1 Å². The van der Waals surface area contributed by atoms with E-state index in [4.69, 9.17) is 20.0 Å². The topological polar surface area (TPSA) is 140 Å². The zero-order chi connectivity index (χ0) is 31.6. The molecule has 11 heteroatoms. The molecule has 7 rings (SSSR count). The Bertz CT molecular complexity index is 1720. The number of primary amides is 1. The second kappa shape index (κ2) is 13.1. The second-order valence-electron chi connectivity index (χ2n) is 12.6. The summed E-state index contributed by atoms with van der Waals surface area (Å²) >= 11 is 0. The number of hydrogen-bond donors (Lipinski definition) is 2. The highest BCUT2D eigenvalue weighted by Gasteiger charge is 2.33. The van der Waals surface area contributed by atoms with Crippen molar-refractivity contribution < 1.29 is 18.8 Å². The van der Waals surface area contributed by atoms with Crippen molar-refractivity contribution in [3.63, 3.8) is 0 Å². The lowest BCUT2D eigenvalue weighted by Gasteiger charge is -2.36. The third-order valence-corrected chi connectivity index (χ3v) is 9.79. The molecule has 2 aromatic heterocycles. The summed E-state index contributed by atoms with van der Waals surface area (Å²) < 4.78 is 10.9. The van der Waals surface area contributed by atoms with E-state index < -0.39 is 5.91 Å². The normalized spacial score (nSPS) is 18.9. The molecule has 2 aromatic carbocycles. The zero-order valence-electron chi connectivity index (χ0n) is 26.3. The fourth-order valence-corrected chi connectivity index (χ4v) is 7.36. The van der Waals surface area contributed by atoms with Gasteiger partial charge in [0.05, 0.1) is 19.2 Å². The highest BCUT2D eigenvalue weighted by molar-refractivity contribution is 5.96. The van der Waals surface area contributed by atoms with Crippen LogP contribution in [0.2, 0.25) is 0 Å². The van der Waals surface area contributed by atoms with Crippen molar-refractivity contribution in [1.82, 2.24) is 20.0 Å². The van der Waals surface area contributed by atoms with Crippen molar-refractivity contribution in [2.75, 3.05) is 43.0 Å². The van der Waals surface area contributed by atoms with E-state index in [1.54, 1.807) is 13.1 Å². The molecule has 4 heterocycles. The number of hydrogen-bond acceptors (Lipinski definition) is 10. The van der Waals surface area contributed by atoms with Gasteiger partial charge in [0.15, 0.2) is 17.1 Å². The SMILES string of the molecule is CCOC(=O)Cc1noc2c3c(ccc12)CC(N1CCC(c2ccc(Nc4nc(N5CCCCC5)cnc4C(N)=O)cc2)CC1)C3. The van der Waals surface area contributed by atoms with E-state index in [0.717, 1.165) is 87.2 Å². The molecule has 1 atom stereocenters. The van der Waals surface area contributed by atoms with Gasteiger partial charge in [-0.05, 0) is 100 Å². The number of amides is 1. The van der Waals surface area contributed by atoms with Gasteiger partial charge in [-0.1, -0.05) is 23.4 Å². The summed E-state index contributed by atoms with van der Waals surface area (Å²) in [7, 11) is 0. The first-order chi connectivity index (χ1) is 22.5. The third-order valence-electron chi connectivity index (χ3n) is 9.79. The van der Waals surface area contributed by atoms with Gasteiger partial charge in [0.1, 0.15) is 11.5 Å². The monoisotopic (exact) mass is 623 g/mol. The Morgan fingerprint density at radius 1 is 1.02 bits per heavy atom. The number of ether oxygens (including phenoxy) is 1. The molecule has 3 N–H and O–H groups in total. The molecule has 3 aliphatic rings. The highest BCUT2D eigenvalue weighted by Crippen LogP contribution is 2.37. The molecular weight excluding hydrogens is 582 g/mol. The number of nitrogens with two attached hydrogens (primary N) is 1. The first-order valence-corrected chi connectivity index (χ1v) is 16.5. The number of nitrogens with one attached hydrogen (secondary N) is 1. The van der Waals surface area contributed by atoms with Gasteiger partial charge < -0.3 is 25.2 Å². The molecular formula is C35H41N7O4. The Hall–Kier alpha value is -4.51. The lowest BCUT2D eigenvalue weighted by atomic mass is 9.88. The number of piperidine rings is 2. The van der Waals surface area contributed by atoms with Crippen LogP contribution in [-0.4, -0.2) is 70.7 Å². The van der Waals surface area contributed by atoms with Gasteiger partial charge in [0.2, 0.25) is 0 Å². The standard InChI is InChI=1S/C35H41N7O4/c1-2-45-31(43)20-29-27-11-8-24-18-26(19-28(24)33(27)46-40-29)41-16-12-23(13-17-41)22-6-9-25(10-7-22)38-35-32(34(36)44)37-21-30(39-35)42-14-4-3-5-15-42/h6-11,21,23,26H,2-5,12-20H2,1H3,(H2,36,44)(H,38,39). The largest absolute Gasteiger partial charge is 0.466 e. The number of carbonyl (C=O) groups is 2. The molecule has 2 fully saturated rings. The number of carbonyl (C=O) groups excluding carboxylic acids is 2. The van der Waals surface area contributed by atoms with Crippen LogP contribution >= 0.6 is 0 Å². The number of anilines is 3. The van der Waals surface area contributed by atoms with Crippen molar-refractivity contribution in [1.29, 1.82) is 0 Å². The first kappa shape index (κ1) is 30.2. The van der Waals surface area contributed by atoms with Gasteiger partial charge >= 0.3 is 5.97 Å². The number of benzene rings is 2. The van der Waals surface area contributed by atoms with Crippen molar-refractivity contribution in [2.45, 2.75) is 70.3 Å². The molecule has 2 aliphatic heterocycles. The maximum Gasteiger partial charge on any atom is 0.312 e. The average molecular weight is 624 g/mol. The lowest BCUT2D eigenvalue weighted by Crippen LogP contribution is -2.41. The maximum atomic E-state index is 12.1. The van der Waals surface area contributed by atoms with E-state index in [0.29, 0.717) is 30.1 Å². The van der Waals surface area contributed by atoms with Crippen LogP contribution in [0.4, 0.5) is 17.3 Å². The molecule has 0 bridgehead atoms. The van der Waals surface area contributed by atoms with Crippen molar-refractivity contribution >= 4 is 40.2 Å². The quantitative estimate of drug-likeness (QED) is 0.247. The predicted octanol–water partition coefficient (Wildman–Crippen LogP) is 4.90. The third kappa shape index (κ3) is 6.16. The summed E-state index contributed by atoms with van der Waals surface area (Å²) in [6, 6.07) is 13.1. The van der Waals surface area contributed by atoms with Gasteiger partial charge in [-0.2, -0.15) is 0 Å². The molecule has 1 amide bonds. The number of aromatic nitrogens is 3. The van der Waals surface area contributed by atoms with Crippen LogP contribution in [0.1, 0.15) is 77.8 Å². The zero-order valence-corrected chi connectivity index (χ0v) is 26.3. The van der Waals surface area contributed by atoms with Crippen LogP contribution in [0.3, 0.4) is 0 Å². The number of nitrogens with zero attached hydrogens (tertiary/aromatic N) is 5. The Labute approximate surface area is 268 Å². The number of fused-ring (bicyclic) bond motifs is 3. The molecule has 2 saturated heterocycles. The van der Waals surface area contributed by atoms with Crippen molar-refractivity contribution in [3.8, 4) is 0 Å². The van der Waals surface area contributed by atoms with E-state index in [1.807, 2.05) is 18.2 Å². The first-order valence-electron chi connectivity index (χ1n) is 16.5. The summed E-state index contributed by atoms with van der Waals surface area (Å²) in [5, 5.41) is 8.43. The van der Waals surface area contributed by atoms with E-state index in [1.165, 1.54) is 23.1 Å². The minimum absolute atomic E-state index is 0.127. The van der Waals surface area contributed by atoms with Crippen LogP contribution in [0.5, 0.6) is 0 Å². The Balaban J connectivity index is 0.969. The minimum atomic E-state index is -0.599. The second-order valence-corrected chi connectivity index (χ2v) is 12.6. The number of rotatable bonds is 9. The molecule has 0 spiro atoms. The molecule has 11 nitrogen and oxygen atoms in total. The number of esters is 1. The minimum Gasteiger partial charge on any atom is -0.466 e. The maximum absolute atomic E-state index is 12.1. The van der Waals surface area contributed by atoms with Crippen LogP contribution in [-0.2, 0) is 28.8 Å². The van der Waals surface area contributed by atoms with Gasteiger partial charge in [0.25, 0.3) is 5.91 Å². The van der Waals surface area contributed by atoms with Crippen LogP contribution in [0, 0.1) is 0 Å². The highest BCUT2D eigenvalue weighted by atomic mass is 16.5. The van der Waals surface area contributed by atoms with Crippen molar-refractivity contribution in [3.05, 3.63) is 70.7 Å². The average Bonchev–Trinajstić information content (AvgIpc) is 3.70. The molecule has 0 radical (unpaired) electrons.